The fourth-order valence-electron chi connectivity index (χ4n) is 7.91. The summed E-state index contributed by atoms with van der Waals surface area (Å²) in [6.07, 6.45) is 4.88. The van der Waals surface area contributed by atoms with Gasteiger partial charge in [0.25, 0.3) is 0 Å². The van der Waals surface area contributed by atoms with Crippen molar-refractivity contribution in [3.05, 3.63) is 22.5 Å². The van der Waals surface area contributed by atoms with Gasteiger partial charge in [-0.05, 0) is 59.3 Å². The number of fused-ring (bicyclic) bond motifs is 5. The smallest absolute Gasteiger partial charge is 0.444 e. The lowest BCUT2D eigenvalue weighted by Crippen LogP contribution is -2.56. The minimum absolute atomic E-state index is 0.0612. The minimum Gasteiger partial charge on any atom is -0.444 e. The van der Waals surface area contributed by atoms with E-state index in [4.69, 9.17) is 32.6 Å². The van der Waals surface area contributed by atoms with Crippen LogP contribution in [0.2, 0.25) is 0 Å². The average molecular weight is 687 g/mol. The second-order valence-corrected chi connectivity index (χ2v) is 15.6. The lowest BCUT2D eigenvalue weighted by Gasteiger charge is -2.50. The standard InChI is InChI=1S/C30H37F3N4O9S/c1-26(2,3)44-25(38)37-15-19-21(27(16-37)11-12-41-17-27)34-23(35-24(19)46-47(39,40)30(31,32)33)20-18-7-6-9-28(22(18)36-45-20)8-4-5-10-29(28)42-13-14-43-29/h4-17H2,1-3H3/t27-,28-/m0/s1. The summed E-state index contributed by atoms with van der Waals surface area (Å²) in [4.78, 5) is 23.6. The van der Waals surface area contributed by atoms with Crippen molar-refractivity contribution in [1.82, 2.24) is 20.0 Å². The van der Waals surface area contributed by atoms with E-state index >= 15 is 0 Å². The number of amides is 1. The molecule has 2 aromatic rings. The van der Waals surface area contributed by atoms with Crippen molar-refractivity contribution in [2.75, 3.05) is 33.0 Å². The first kappa shape index (κ1) is 32.5. The summed E-state index contributed by atoms with van der Waals surface area (Å²) in [7, 11) is -6.16. The van der Waals surface area contributed by atoms with Gasteiger partial charge in [-0.25, -0.2) is 9.78 Å². The molecule has 0 unspecified atom stereocenters. The summed E-state index contributed by atoms with van der Waals surface area (Å²) in [6, 6.07) is 0. The molecule has 2 aromatic heterocycles. The van der Waals surface area contributed by atoms with Gasteiger partial charge in [0.1, 0.15) is 5.60 Å². The second kappa shape index (κ2) is 11.0. The zero-order chi connectivity index (χ0) is 33.5. The highest BCUT2D eigenvalue weighted by Gasteiger charge is 2.61. The fourth-order valence-corrected chi connectivity index (χ4v) is 8.35. The molecule has 0 N–H and O–H groups in total. The Balaban J connectivity index is 1.38. The summed E-state index contributed by atoms with van der Waals surface area (Å²) >= 11 is 0. The maximum absolute atomic E-state index is 13.7. The van der Waals surface area contributed by atoms with Gasteiger partial charge in [0.15, 0.2) is 5.79 Å². The van der Waals surface area contributed by atoms with Crippen LogP contribution in [0.25, 0.3) is 11.6 Å². The Labute approximate surface area is 269 Å². The van der Waals surface area contributed by atoms with Gasteiger partial charge in [-0.15, -0.1) is 0 Å². The van der Waals surface area contributed by atoms with E-state index in [1.807, 2.05) is 0 Å². The summed E-state index contributed by atoms with van der Waals surface area (Å²) in [5.41, 5.74) is -6.78. The molecule has 1 amide bonds. The number of nitrogens with zero attached hydrogens (tertiary/aromatic N) is 4. The molecule has 3 spiro atoms. The molecule has 47 heavy (non-hydrogen) atoms. The van der Waals surface area contributed by atoms with E-state index in [2.05, 4.69) is 10.1 Å². The van der Waals surface area contributed by atoms with Crippen molar-refractivity contribution in [3.8, 4) is 17.5 Å². The quantitative estimate of drug-likeness (QED) is 0.326. The fraction of sp³-hybridized carbons (Fsp3) is 0.733. The van der Waals surface area contributed by atoms with Crippen molar-refractivity contribution in [2.45, 2.75) is 106 Å². The molecule has 7 rings (SSSR count). The molecule has 2 saturated heterocycles. The molecular weight excluding hydrogens is 649 g/mol. The monoisotopic (exact) mass is 686 g/mol. The normalized spacial score (nSPS) is 27.3. The highest BCUT2D eigenvalue weighted by atomic mass is 32.2. The Morgan fingerprint density at radius 3 is 2.34 bits per heavy atom. The maximum Gasteiger partial charge on any atom is 0.534 e. The van der Waals surface area contributed by atoms with Crippen LogP contribution in [0.15, 0.2) is 4.52 Å². The highest BCUT2D eigenvalue weighted by molar-refractivity contribution is 7.88. The zero-order valence-electron chi connectivity index (χ0n) is 26.4. The number of rotatable bonds is 3. The molecule has 5 heterocycles. The number of aromatic nitrogens is 3. The Kier molecular flexibility index (Phi) is 7.61. The topological polar surface area (TPSA) is 152 Å². The summed E-state index contributed by atoms with van der Waals surface area (Å²) in [6.45, 7) is 5.99. The van der Waals surface area contributed by atoms with Gasteiger partial charge in [0, 0.05) is 25.1 Å². The molecule has 0 radical (unpaired) electrons. The third kappa shape index (κ3) is 5.27. The molecule has 258 valence electrons. The molecule has 5 aliphatic rings. The van der Waals surface area contributed by atoms with Crippen LogP contribution in [-0.2, 0) is 52.9 Å². The van der Waals surface area contributed by atoms with E-state index in [1.165, 1.54) is 4.90 Å². The predicted octanol–water partition coefficient (Wildman–Crippen LogP) is 4.66. The first-order valence-electron chi connectivity index (χ1n) is 15.8. The molecule has 1 saturated carbocycles. The van der Waals surface area contributed by atoms with E-state index in [-0.39, 0.29) is 49.1 Å². The van der Waals surface area contributed by atoms with E-state index in [1.54, 1.807) is 20.8 Å². The van der Waals surface area contributed by atoms with Gasteiger partial charge in [0.2, 0.25) is 17.5 Å². The SMILES string of the molecule is CC(C)(C)OC(=O)N1Cc2c(OS(=O)(=O)C(F)(F)F)nc(-c3onc4c3CCC[C@@]43CCCCC34OCCO4)nc2[C@@]2(CCOC2)C1. The first-order valence-corrected chi connectivity index (χ1v) is 17.2. The van der Waals surface area contributed by atoms with Crippen LogP contribution in [-0.4, -0.2) is 84.4 Å². The van der Waals surface area contributed by atoms with E-state index < -0.39 is 49.8 Å². The largest absolute Gasteiger partial charge is 0.534 e. The lowest BCUT2D eigenvalue weighted by molar-refractivity contribution is -0.231. The maximum atomic E-state index is 13.7. The Hall–Kier alpha value is -3.02. The van der Waals surface area contributed by atoms with Gasteiger partial charge in [0.05, 0.1) is 54.1 Å². The van der Waals surface area contributed by atoms with Crippen molar-refractivity contribution in [1.29, 1.82) is 0 Å². The average Bonchev–Trinajstić information content (AvgIpc) is 3.75. The lowest BCUT2D eigenvalue weighted by atomic mass is 9.61. The van der Waals surface area contributed by atoms with Crippen molar-refractivity contribution in [2.24, 2.45) is 0 Å². The number of ether oxygens (including phenoxy) is 4. The van der Waals surface area contributed by atoms with Crippen LogP contribution in [0.4, 0.5) is 18.0 Å². The minimum atomic E-state index is -6.16. The number of carbonyl (C=O) groups excluding carboxylic acids is 1. The molecule has 2 aliphatic carbocycles. The molecule has 3 aliphatic heterocycles. The van der Waals surface area contributed by atoms with Gasteiger partial charge < -0.3 is 32.6 Å². The number of halogens is 3. The number of carbonyl (C=O) groups is 1. The van der Waals surface area contributed by atoms with Gasteiger partial charge >= 0.3 is 21.7 Å². The summed E-state index contributed by atoms with van der Waals surface area (Å²) in [5.74, 6) is -1.78. The van der Waals surface area contributed by atoms with Crippen LogP contribution in [0.3, 0.4) is 0 Å². The molecule has 3 fully saturated rings. The third-order valence-electron chi connectivity index (χ3n) is 9.86. The Morgan fingerprint density at radius 1 is 0.936 bits per heavy atom. The van der Waals surface area contributed by atoms with Crippen molar-refractivity contribution in [3.63, 3.8) is 0 Å². The highest BCUT2D eigenvalue weighted by Crippen LogP contribution is 2.57. The molecular formula is C30H37F3N4O9S. The van der Waals surface area contributed by atoms with Crippen LogP contribution >= 0.6 is 0 Å². The first-order chi connectivity index (χ1) is 22.1. The number of alkyl halides is 3. The number of hydrogen-bond acceptors (Lipinski definition) is 12. The summed E-state index contributed by atoms with van der Waals surface area (Å²) < 4.78 is 100. The summed E-state index contributed by atoms with van der Waals surface area (Å²) in [5, 5.41) is 4.49. The second-order valence-electron chi connectivity index (χ2n) is 14.0. The molecule has 17 heteroatoms. The molecule has 13 nitrogen and oxygen atoms in total. The Bertz CT molecular complexity index is 1680. The van der Waals surface area contributed by atoms with E-state index in [0.29, 0.717) is 43.7 Å². The van der Waals surface area contributed by atoms with Gasteiger partial charge in [-0.1, -0.05) is 11.6 Å². The zero-order valence-corrected chi connectivity index (χ0v) is 27.2. The van der Waals surface area contributed by atoms with Crippen LogP contribution in [0.1, 0.15) is 88.2 Å². The van der Waals surface area contributed by atoms with Gasteiger partial charge in [-0.3, -0.25) is 0 Å². The van der Waals surface area contributed by atoms with Crippen molar-refractivity contribution < 1.29 is 54.0 Å². The molecule has 2 atom stereocenters. The molecule has 0 bridgehead atoms. The molecule has 0 aromatic carbocycles. The van der Waals surface area contributed by atoms with Crippen molar-refractivity contribution >= 4 is 16.2 Å². The van der Waals surface area contributed by atoms with Crippen LogP contribution in [0.5, 0.6) is 5.88 Å². The Morgan fingerprint density at radius 2 is 1.66 bits per heavy atom. The van der Waals surface area contributed by atoms with Gasteiger partial charge in [-0.2, -0.15) is 26.6 Å². The van der Waals surface area contributed by atoms with E-state index in [9.17, 15) is 26.4 Å². The van der Waals surface area contributed by atoms with E-state index in [0.717, 1.165) is 32.1 Å². The van der Waals surface area contributed by atoms with Crippen LogP contribution < -0.4 is 4.18 Å². The van der Waals surface area contributed by atoms with Crippen LogP contribution in [0, 0.1) is 0 Å². The number of hydrogen-bond donors (Lipinski definition) is 0. The third-order valence-corrected chi connectivity index (χ3v) is 10.8. The predicted molar refractivity (Wildman–Crippen MR) is 155 cm³/mol.